The number of carbonyl (C=O) groups excluding carboxylic acids is 1. The van der Waals surface area contributed by atoms with Gasteiger partial charge in [0.2, 0.25) is 5.91 Å². The van der Waals surface area contributed by atoms with Crippen molar-refractivity contribution in [3.05, 3.63) is 35.9 Å². The van der Waals surface area contributed by atoms with Gasteiger partial charge in [-0.1, -0.05) is 30.3 Å². The normalized spacial score (nSPS) is 12.1. The zero-order valence-electron chi connectivity index (χ0n) is 12.0. The van der Waals surface area contributed by atoms with Crippen molar-refractivity contribution in [1.29, 1.82) is 0 Å². The van der Waals surface area contributed by atoms with Crippen LogP contribution in [0.5, 0.6) is 0 Å². The maximum Gasteiger partial charge on any atom is 0.237 e. The van der Waals surface area contributed by atoms with E-state index in [0.29, 0.717) is 32.8 Å². The molecule has 0 aliphatic carbocycles. The summed E-state index contributed by atoms with van der Waals surface area (Å²) < 4.78 is 10.2. The van der Waals surface area contributed by atoms with E-state index >= 15 is 0 Å². The summed E-state index contributed by atoms with van der Waals surface area (Å²) in [6, 6.07) is 9.26. The van der Waals surface area contributed by atoms with Crippen LogP contribution in [0.15, 0.2) is 30.3 Å². The second-order valence-corrected chi connectivity index (χ2v) is 4.55. The van der Waals surface area contributed by atoms with Crippen LogP contribution in [0.1, 0.15) is 12.0 Å². The molecule has 1 unspecified atom stereocenters. The Labute approximate surface area is 120 Å². The fraction of sp³-hybridized carbons (Fsp3) is 0.533. The molecule has 0 fully saturated rings. The molecule has 0 saturated heterocycles. The van der Waals surface area contributed by atoms with E-state index in [1.807, 2.05) is 30.3 Å². The Morgan fingerprint density at radius 3 is 2.70 bits per heavy atom. The third-order valence-corrected chi connectivity index (χ3v) is 2.83. The Bertz CT molecular complexity index is 371. The fourth-order valence-electron chi connectivity index (χ4n) is 1.72. The second kappa shape index (κ2) is 10.4. The molecule has 0 aliphatic rings. The van der Waals surface area contributed by atoms with Crippen molar-refractivity contribution in [2.75, 3.05) is 33.5 Å². The van der Waals surface area contributed by atoms with Crippen molar-refractivity contribution < 1.29 is 14.3 Å². The number of nitrogens with two attached hydrogens (primary N) is 1. The molecule has 20 heavy (non-hydrogen) atoms. The van der Waals surface area contributed by atoms with E-state index < -0.39 is 6.04 Å². The lowest BCUT2D eigenvalue weighted by Gasteiger charge is -2.12. The molecule has 1 aromatic carbocycles. The summed E-state index contributed by atoms with van der Waals surface area (Å²) in [7, 11) is 1.64. The van der Waals surface area contributed by atoms with E-state index in [-0.39, 0.29) is 5.91 Å². The first-order valence-electron chi connectivity index (χ1n) is 6.88. The quantitative estimate of drug-likeness (QED) is 0.620. The van der Waals surface area contributed by atoms with Crippen LogP contribution in [0, 0.1) is 0 Å². The molecule has 5 heteroatoms. The fourth-order valence-corrected chi connectivity index (χ4v) is 1.72. The molecule has 0 bridgehead atoms. The number of hydrogen-bond acceptors (Lipinski definition) is 4. The van der Waals surface area contributed by atoms with Crippen LogP contribution >= 0.6 is 0 Å². The van der Waals surface area contributed by atoms with Crippen molar-refractivity contribution in [2.45, 2.75) is 18.9 Å². The third kappa shape index (κ3) is 7.23. The van der Waals surface area contributed by atoms with Crippen molar-refractivity contribution in [2.24, 2.45) is 5.73 Å². The lowest BCUT2D eigenvalue weighted by atomic mass is 10.1. The molecule has 0 heterocycles. The van der Waals surface area contributed by atoms with Gasteiger partial charge >= 0.3 is 0 Å². The van der Waals surface area contributed by atoms with Gasteiger partial charge in [-0.15, -0.1) is 0 Å². The highest BCUT2D eigenvalue weighted by atomic mass is 16.5. The molecule has 1 aromatic rings. The van der Waals surface area contributed by atoms with Gasteiger partial charge in [0.25, 0.3) is 0 Å². The summed E-state index contributed by atoms with van der Waals surface area (Å²) in [5, 5.41) is 2.82. The third-order valence-electron chi connectivity index (χ3n) is 2.83. The minimum Gasteiger partial charge on any atom is -0.382 e. The highest BCUT2D eigenvalue weighted by Gasteiger charge is 2.12. The van der Waals surface area contributed by atoms with Gasteiger partial charge in [-0.2, -0.15) is 0 Å². The zero-order valence-corrected chi connectivity index (χ0v) is 12.0. The summed E-state index contributed by atoms with van der Waals surface area (Å²) in [5.41, 5.74) is 6.94. The minimum absolute atomic E-state index is 0.120. The van der Waals surface area contributed by atoms with Gasteiger partial charge in [0.15, 0.2) is 0 Å². The largest absolute Gasteiger partial charge is 0.382 e. The number of methoxy groups -OCH3 is 1. The van der Waals surface area contributed by atoms with E-state index in [4.69, 9.17) is 15.2 Å². The molecule has 0 spiro atoms. The van der Waals surface area contributed by atoms with Gasteiger partial charge in [-0.05, 0) is 18.4 Å². The summed E-state index contributed by atoms with van der Waals surface area (Å²) in [6.07, 6.45) is 1.32. The molecule has 1 atom stereocenters. The van der Waals surface area contributed by atoms with Gasteiger partial charge in [0.1, 0.15) is 0 Å². The maximum absolute atomic E-state index is 11.8. The Morgan fingerprint density at radius 1 is 1.25 bits per heavy atom. The maximum atomic E-state index is 11.8. The molecular weight excluding hydrogens is 256 g/mol. The molecule has 0 radical (unpaired) electrons. The van der Waals surface area contributed by atoms with Crippen molar-refractivity contribution in [1.82, 2.24) is 5.32 Å². The SMILES string of the molecule is COCCOCCCNC(=O)C(N)Cc1ccccc1. The smallest absolute Gasteiger partial charge is 0.237 e. The highest BCUT2D eigenvalue weighted by Crippen LogP contribution is 2.01. The number of ether oxygens (including phenoxy) is 2. The van der Waals surface area contributed by atoms with Crippen LogP contribution in [0.3, 0.4) is 0 Å². The van der Waals surface area contributed by atoms with Gasteiger partial charge < -0.3 is 20.5 Å². The number of nitrogens with one attached hydrogen (secondary N) is 1. The Kier molecular flexibility index (Phi) is 8.62. The van der Waals surface area contributed by atoms with Crippen molar-refractivity contribution in [3.63, 3.8) is 0 Å². The van der Waals surface area contributed by atoms with Crippen molar-refractivity contribution in [3.8, 4) is 0 Å². The van der Waals surface area contributed by atoms with Gasteiger partial charge in [-0.25, -0.2) is 0 Å². The molecule has 3 N–H and O–H groups in total. The van der Waals surface area contributed by atoms with E-state index in [1.165, 1.54) is 0 Å². The van der Waals surface area contributed by atoms with E-state index in [1.54, 1.807) is 7.11 Å². The van der Waals surface area contributed by atoms with Gasteiger partial charge in [0.05, 0.1) is 19.3 Å². The van der Waals surface area contributed by atoms with Crippen LogP contribution in [-0.2, 0) is 20.7 Å². The monoisotopic (exact) mass is 280 g/mol. The molecule has 1 rings (SSSR count). The average Bonchev–Trinajstić information content (AvgIpc) is 2.47. The minimum atomic E-state index is -0.508. The zero-order chi connectivity index (χ0) is 14.6. The molecule has 5 nitrogen and oxygen atoms in total. The lowest BCUT2D eigenvalue weighted by molar-refractivity contribution is -0.122. The van der Waals surface area contributed by atoms with E-state index in [2.05, 4.69) is 5.32 Å². The Hall–Kier alpha value is -1.43. The van der Waals surface area contributed by atoms with Crippen LogP contribution < -0.4 is 11.1 Å². The Balaban J connectivity index is 2.10. The molecule has 1 amide bonds. The molecular formula is C15H24N2O3. The standard InChI is InChI=1S/C15H24N2O3/c1-19-10-11-20-9-5-8-17-15(18)14(16)12-13-6-3-2-4-7-13/h2-4,6-7,14H,5,8-12,16H2,1H3,(H,17,18). The Morgan fingerprint density at radius 2 is 2.00 bits per heavy atom. The van der Waals surface area contributed by atoms with Crippen LogP contribution in [0.25, 0.3) is 0 Å². The highest BCUT2D eigenvalue weighted by molar-refractivity contribution is 5.81. The predicted molar refractivity (Wildman–Crippen MR) is 78.4 cm³/mol. The summed E-state index contributed by atoms with van der Waals surface area (Å²) in [5.74, 6) is -0.120. The van der Waals surface area contributed by atoms with E-state index in [9.17, 15) is 4.79 Å². The molecule has 112 valence electrons. The van der Waals surface area contributed by atoms with Gasteiger partial charge in [0, 0.05) is 20.3 Å². The molecule has 0 aliphatic heterocycles. The molecule has 0 saturated carbocycles. The summed E-state index contributed by atoms with van der Waals surface area (Å²) >= 11 is 0. The topological polar surface area (TPSA) is 73.6 Å². The first kappa shape index (κ1) is 16.6. The summed E-state index contributed by atoms with van der Waals surface area (Å²) in [6.45, 7) is 2.36. The first-order valence-corrected chi connectivity index (χ1v) is 6.88. The predicted octanol–water partition coefficient (Wildman–Crippen LogP) is 0.726. The van der Waals surface area contributed by atoms with Crippen LogP contribution in [0.2, 0.25) is 0 Å². The number of amides is 1. The number of rotatable bonds is 10. The van der Waals surface area contributed by atoms with E-state index in [0.717, 1.165) is 12.0 Å². The first-order chi connectivity index (χ1) is 9.74. The second-order valence-electron chi connectivity index (χ2n) is 4.55. The number of benzene rings is 1. The summed E-state index contributed by atoms with van der Waals surface area (Å²) in [4.78, 5) is 11.8. The number of carbonyl (C=O) groups is 1. The van der Waals surface area contributed by atoms with Crippen LogP contribution in [0.4, 0.5) is 0 Å². The average molecular weight is 280 g/mol. The van der Waals surface area contributed by atoms with Crippen LogP contribution in [-0.4, -0.2) is 45.4 Å². The molecule has 0 aromatic heterocycles. The number of hydrogen-bond donors (Lipinski definition) is 2. The van der Waals surface area contributed by atoms with Crippen molar-refractivity contribution >= 4 is 5.91 Å². The lowest BCUT2D eigenvalue weighted by Crippen LogP contribution is -2.42. The van der Waals surface area contributed by atoms with Gasteiger partial charge in [-0.3, -0.25) is 4.79 Å².